The summed E-state index contributed by atoms with van der Waals surface area (Å²) in [4.78, 5) is -0.178. The van der Waals surface area contributed by atoms with E-state index < -0.39 is 43.2 Å². The maximum Gasteiger partial charge on any atom is 0.437 e. The van der Waals surface area contributed by atoms with Gasteiger partial charge >= 0.3 is 16.3 Å². The molecule has 11 heteroatoms. The smallest absolute Gasteiger partial charge is 0.268 e. The monoisotopic (exact) mass is 373 g/mol. The highest BCUT2D eigenvalue weighted by atomic mass is 32.2. The molecule has 0 radical (unpaired) electrons. The Hall–Kier alpha value is -1.62. The van der Waals surface area contributed by atoms with Crippen molar-refractivity contribution in [1.29, 1.82) is 0 Å². The van der Waals surface area contributed by atoms with Crippen LogP contribution in [0.15, 0.2) is 34.3 Å². The standard InChI is InChI=1S/C12H14F3NO5S2/c1-3-8-23(19,20)21-16-11(12(13,14)15)9-4-6-10(7-5-9)22(2,17)18/h4-7H,3,8H2,1-2H3. The fourth-order valence-electron chi connectivity index (χ4n) is 1.51. The first-order chi connectivity index (χ1) is 10.4. The van der Waals surface area contributed by atoms with Crippen LogP contribution in [0.4, 0.5) is 13.2 Å². The topological polar surface area (TPSA) is 89.9 Å². The van der Waals surface area contributed by atoms with Crippen LogP contribution in [0.3, 0.4) is 0 Å². The molecule has 0 bridgehead atoms. The molecule has 0 spiro atoms. The molecule has 0 N–H and O–H groups in total. The van der Waals surface area contributed by atoms with Crippen LogP contribution in [0.2, 0.25) is 0 Å². The first kappa shape index (κ1) is 19.4. The number of hydrogen-bond donors (Lipinski definition) is 0. The van der Waals surface area contributed by atoms with Gasteiger partial charge in [0.15, 0.2) is 15.5 Å². The van der Waals surface area contributed by atoms with Gasteiger partial charge < -0.3 is 0 Å². The van der Waals surface area contributed by atoms with Crippen LogP contribution in [0.25, 0.3) is 0 Å². The van der Waals surface area contributed by atoms with Crippen LogP contribution in [0.1, 0.15) is 18.9 Å². The van der Waals surface area contributed by atoms with Crippen LogP contribution in [0.5, 0.6) is 0 Å². The van der Waals surface area contributed by atoms with Gasteiger partial charge in [-0.25, -0.2) is 8.42 Å². The molecule has 0 aliphatic carbocycles. The third-order valence-corrected chi connectivity index (χ3v) is 4.86. The summed E-state index contributed by atoms with van der Waals surface area (Å²) in [7, 11) is -7.78. The minimum Gasteiger partial charge on any atom is -0.268 e. The zero-order valence-electron chi connectivity index (χ0n) is 12.2. The maximum atomic E-state index is 13.0. The van der Waals surface area contributed by atoms with Gasteiger partial charge in [-0.15, -0.1) is 0 Å². The third-order valence-electron chi connectivity index (χ3n) is 2.52. The summed E-state index contributed by atoms with van der Waals surface area (Å²) >= 11 is 0. The molecule has 0 fully saturated rings. The van der Waals surface area contributed by atoms with Crippen molar-refractivity contribution in [2.24, 2.45) is 5.16 Å². The number of rotatable bonds is 6. The number of halogens is 3. The molecule has 130 valence electrons. The van der Waals surface area contributed by atoms with Gasteiger partial charge in [0.2, 0.25) is 0 Å². The summed E-state index contributed by atoms with van der Waals surface area (Å²) in [5.74, 6) is -0.478. The summed E-state index contributed by atoms with van der Waals surface area (Å²) in [5, 5.41) is 2.70. The largest absolute Gasteiger partial charge is 0.437 e. The van der Waals surface area contributed by atoms with Crippen LogP contribution in [0, 0.1) is 0 Å². The molecule has 0 aliphatic rings. The van der Waals surface area contributed by atoms with Gasteiger partial charge in [-0.1, -0.05) is 24.2 Å². The van der Waals surface area contributed by atoms with Crippen molar-refractivity contribution in [2.75, 3.05) is 12.0 Å². The Morgan fingerprint density at radius 3 is 2.04 bits per heavy atom. The normalized spacial score (nSPS) is 13.9. The fourth-order valence-corrected chi connectivity index (χ4v) is 2.90. The highest BCUT2D eigenvalue weighted by molar-refractivity contribution is 7.90. The molecule has 1 aromatic rings. The van der Waals surface area contributed by atoms with E-state index in [2.05, 4.69) is 9.44 Å². The Morgan fingerprint density at radius 1 is 1.13 bits per heavy atom. The molecule has 0 atom stereocenters. The van der Waals surface area contributed by atoms with E-state index in [0.717, 1.165) is 30.5 Å². The van der Waals surface area contributed by atoms with Crippen LogP contribution in [-0.4, -0.2) is 40.7 Å². The van der Waals surface area contributed by atoms with Gasteiger partial charge in [-0.05, 0) is 18.6 Å². The molecule has 0 unspecified atom stereocenters. The van der Waals surface area contributed by atoms with E-state index in [0.29, 0.717) is 0 Å². The van der Waals surface area contributed by atoms with Gasteiger partial charge in [-0.3, -0.25) is 4.28 Å². The van der Waals surface area contributed by atoms with E-state index in [9.17, 15) is 30.0 Å². The second kappa shape index (κ2) is 6.87. The van der Waals surface area contributed by atoms with Crippen molar-refractivity contribution in [3.63, 3.8) is 0 Å². The minimum atomic E-state index is -4.98. The summed E-state index contributed by atoms with van der Waals surface area (Å²) in [6.07, 6.45) is -3.92. The third kappa shape index (κ3) is 5.82. The Bertz CT molecular complexity index is 781. The first-order valence-corrected chi connectivity index (χ1v) is 9.70. The van der Waals surface area contributed by atoms with Crippen LogP contribution >= 0.6 is 0 Å². The molecule has 0 amide bonds. The average Bonchev–Trinajstić information content (AvgIpc) is 2.36. The average molecular weight is 373 g/mol. The number of oxime groups is 1. The molecule has 0 aliphatic heterocycles. The molecule has 0 saturated heterocycles. The number of alkyl halides is 3. The quantitative estimate of drug-likeness (QED) is 0.563. The summed E-state index contributed by atoms with van der Waals surface area (Å²) < 4.78 is 88.1. The molecule has 1 rings (SSSR count). The van der Waals surface area contributed by atoms with Crippen molar-refractivity contribution in [2.45, 2.75) is 24.4 Å². The molecular weight excluding hydrogens is 359 g/mol. The molecular formula is C12H14F3NO5S2. The highest BCUT2D eigenvalue weighted by Gasteiger charge is 2.38. The van der Waals surface area contributed by atoms with Gasteiger partial charge in [0.05, 0.1) is 10.6 Å². The lowest BCUT2D eigenvalue weighted by atomic mass is 10.1. The zero-order chi connectivity index (χ0) is 17.9. The van der Waals surface area contributed by atoms with Gasteiger partial charge in [-0.2, -0.15) is 21.6 Å². The molecule has 23 heavy (non-hydrogen) atoms. The van der Waals surface area contributed by atoms with E-state index in [1.54, 1.807) is 0 Å². The lowest BCUT2D eigenvalue weighted by Crippen LogP contribution is -2.25. The van der Waals surface area contributed by atoms with Crippen LogP contribution in [-0.2, 0) is 24.2 Å². The number of benzene rings is 1. The number of nitrogens with zero attached hydrogens (tertiary/aromatic N) is 1. The summed E-state index contributed by atoms with van der Waals surface area (Å²) in [6, 6.07) is 3.68. The van der Waals surface area contributed by atoms with E-state index in [4.69, 9.17) is 0 Å². The van der Waals surface area contributed by atoms with Crippen molar-refractivity contribution in [3.05, 3.63) is 29.8 Å². The lowest BCUT2D eigenvalue weighted by Gasteiger charge is -2.10. The molecule has 0 saturated carbocycles. The second-order valence-corrected chi connectivity index (χ2v) is 8.26. The van der Waals surface area contributed by atoms with Crippen molar-refractivity contribution >= 4 is 25.7 Å². The van der Waals surface area contributed by atoms with Crippen LogP contribution < -0.4 is 0 Å². The maximum absolute atomic E-state index is 13.0. The Kier molecular flexibility index (Phi) is 5.80. The first-order valence-electron chi connectivity index (χ1n) is 6.24. The predicted molar refractivity (Wildman–Crippen MR) is 77.3 cm³/mol. The van der Waals surface area contributed by atoms with Crippen molar-refractivity contribution < 1.29 is 34.3 Å². The van der Waals surface area contributed by atoms with E-state index in [-0.39, 0.29) is 11.3 Å². The molecule has 0 heterocycles. The van der Waals surface area contributed by atoms with Crippen molar-refractivity contribution in [3.8, 4) is 0 Å². The zero-order valence-corrected chi connectivity index (χ0v) is 13.8. The summed E-state index contributed by atoms with van der Waals surface area (Å²) in [6.45, 7) is 1.51. The summed E-state index contributed by atoms with van der Waals surface area (Å²) in [5.41, 5.74) is -2.09. The van der Waals surface area contributed by atoms with E-state index in [1.807, 2.05) is 0 Å². The second-order valence-electron chi connectivity index (χ2n) is 4.57. The fraction of sp³-hybridized carbons (Fsp3) is 0.417. The Balaban J connectivity index is 3.24. The Labute approximate surface area is 132 Å². The molecule has 0 aromatic heterocycles. The molecule has 6 nitrogen and oxygen atoms in total. The predicted octanol–water partition coefficient (Wildman–Crippen LogP) is 2.11. The minimum absolute atomic E-state index is 0.155. The Morgan fingerprint density at radius 2 is 1.65 bits per heavy atom. The number of hydrogen-bond acceptors (Lipinski definition) is 6. The van der Waals surface area contributed by atoms with Gasteiger partial charge in [0.1, 0.15) is 0 Å². The van der Waals surface area contributed by atoms with Gasteiger partial charge in [0.25, 0.3) is 0 Å². The van der Waals surface area contributed by atoms with Crippen molar-refractivity contribution in [1.82, 2.24) is 0 Å². The SMILES string of the molecule is CCCS(=O)(=O)ON=C(c1ccc(S(C)(=O)=O)cc1)C(F)(F)F. The number of sulfone groups is 1. The lowest BCUT2D eigenvalue weighted by molar-refractivity contribution is -0.0597. The van der Waals surface area contributed by atoms with E-state index in [1.165, 1.54) is 6.92 Å². The van der Waals surface area contributed by atoms with Gasteiger partial charge in [0, 0.05) is 11.8 Å². The highest BCUT2D eigenvalue weighted by Crippen LogP contribution is 2.24. The molecule has 1 aromatic carbocycles. The van der Waals surface area contributed by atoms with E-state index >= 15 is 0 Å².